The van der Waals surface area contributed by atoms with Gasteiger partial charge in [0.05, 0.1) is 6.54 Å². The van der Waals surface area contributed by atoms with Gasteiger partial charge in [-0.25, -0.2) is 0 Å². The van der Waals surface area contributed by atoms with Crippen LogP contribution in [-0.4, -0.2) is 30.9 Å². The Bertz CT molecular complexity index is 513. The van der Waals surface area contributed by atoms with Crippen LogP contribution in [0.1, 0.15) is 37.9 Å². The second-order valence-electron chi connectivity index (χ2n) is 6.23. The van der Waals surface area contributed by atoms with Gasteiger partial charge in [-0.15, -0.1) is 0 Å². The molecule has 0 aliphatic heterocycles. The number of hydrogen-bond acceptors (Lipinski definition) is 2. The van der Waals surface area contributed by atoms with Crippen LogP contribution in [0.15, 0.2) is 18.2 Å². The minimum Gasteiger partial charge on any atom is -0.345 e. The summed E-state index contributed by atoms with van der Waals surface area (Å²) < 4.78 is 0. The fourth-order valence-corrected chi connectivity index (χ4v) is 3.08. The molecule has 1 aromatic rings. The molecule has 0 aromatic heterocycles. The minimum atomic E-state index is 0.0953. The van der Waals surface area contributed by atoms with E-state index in [1.807, 2.05) is 26.1 Å². The topological polar surface area (TPSA) is 32.3 Å². The molecule has 1 aliphatic carbocycles. The minimum absolute atomic E-state index is 0.0953. The van der Waals surface area contributed by atoms with Crippen molar-refractivity contribution in [2.75, 3.05) is 20.1 Å². The summed E-state index contributed by atoms with van der Waals surface area (Å²) in [6.07, 6.45) is 1.01. The lowest BCUT2D eigenvalue weighted by Crippen LogP contribution is -2.40. The molecule has 2 rings (SSSR count). The van der Waals surface area contributed by atoms with E-state index < -0.39 is 0 Å². The maximum absolute atomic E-state index is 12.0. The predicted molar refractivity (Wildman–Crippen MR) is 83.0 cm³/mol. The first kappa shape index (κ1) is 15.3. The van der Waals surface area contributed by atoms with E-state index in [1.54, 1.807) is 4.90 Å². The summed E-state index contributed by atoms with van der Waals surface area (Å²) in [6.45, 7) is 7.53. The van der Waals surface area contributed by atoms with E-state index in [-0.39, 0.29) is 17.4 Å². The number of amides is 1. The molecule has 3 nitrogen and oxygen atoms in total. The molecule has 1 aromatic carbocycles. The van der Waals surface area contributed by atoms with Crippen molar-refractivity contribution in [2.45, 2.75) is 33.2 Å². The van der Waals surface area contributed by atoms with Gasteiger partial charge in [-0.2, -0.15) is 0 Å². The lowest BCUT2D eigenvalue weighted by molar-refractivity contribution is -0.129. The summed E-state index contributed by atoms with van der Waals surface area (Å²) in [4.78, 5) is 13.7. The van der Waals surface area contributed by atoms with Gasteiger partial charge >= 0.3 is 0 Å². The lowest BCUT2D eigenvalue weighted by atomic mass is 9.85. The molecule has 0 spiro atoms. The molecule has 110 valence electrons. The average molecular weight is 295 g/mol. The maximum atomic E-state index is 12.0. The highest BCUT2D eigenvalue weighted by Crippen LogP contribution is 2.45. The van der Waals surface area contributed by atoms with Gasteiger partial charge in [0, 0.05) is 24.7 Å². The number of benzene rings is 1. The molecular formula is C16H23ClN2O. The first-order valence-corrected chi connectivity index (χ1v) is 7.48. The second kappa shape index (κ2) is 5.74. The Morgan fingerprint density at radius 3 is 2.85 bits per heavy atom. The van der Waals surface area contributed by atoms with Gasteiger partial charge in [0.15, 0.2) is 0 Å². The van der Waals surface area contributed by atoms with Gasteiger partial charge in [0.2, 0.25) is 5.91 Å². The van der Waals surface area contributed by atoms with Gasteiger partial charge in [-0.1, -0.05) is 31.5 Å². The molecular weight excluding hydrogens is 272 g/mol. The number of halogens is 1. The molecule has 1 amide bonds. The monoisotopic (exact) mass is 294 g/mol. The Balaban J connectivity index is 2.15. The van der Waals surface area contributed by atoms with E-state index in [0.29, 0.717) is 6.54 Å². The fourth-order valence-electron chi connectivity index (χ4n) is 2.90. The van der Waals surface area contributed by atoms with E-state index in [4.69, 9.17) is 11.6 Å². The van der Waals surface area contributed by atoms with Crippen LogP contribution in [0.25, 0.3) is 0 Å². The molecule has 1 aliphatic rings. The molecule has 0 heterocycles. The third-order valence-corrected chi connectivity index (χ3v) is 4.44. The smallest absolute Gasteiger partial charge is 0.236 e. The van der Waals surface area contributed by atoms with Crippen molar-refractivity contribution in [3.05, 3.63) is 34.3 Å². The number of nitrogens with one attached hydrogen (secondary N) is 1. The number of fused-ring (bicyclic) bond motifs is 1. The molecule has 0 radical (unpaired) electrons. The van der Waals surface area contributed by atoms with Crippen LogP contribution in [-0.2, 0) is 11.2 Å². The van der Waals surface area contributed by atoms with Gasteiger partial charge in [-0.05, 0) is 42.0 Å². The predicted octanol–water partition coefficient (Wildman–Crippen LogP) is 3.03. The molecule has 1 N–H and O–H groups in total. The summed E-state index contributed by atoms with van der Waals surface area (Å²) >= 11 is 6.11. The number of rotatable bonds is 4. The van der Waals surface area contributed by atoms with Crippen molar-refractivity contribution >= 4 is 17.5 Å². The molecule has 1 atom stereocenters. The summed E-state index contributed by atoms with van der Waals surface area (Å²) in [5.74, 6) is 0.124. The first-order valence-electron chi connectivity index (χ1n) is 7.11. The Kier molecular flexibility index (Phi) is 4.40. The Labute approximate surface area is 126 Å². The number of hydrogen-bond donors (Lipinski definition) is 1. The molecule has 0 saturated carbocycles. The number of carbonyl (C=O) groups is 1. The Hall–Kier alpha value is -1.06. The van der Waals surface area contributed by atoms with Crippen LogP contribution in [0.2, 0.25) is 5.02 Å². The van der Waals surface area contributed by atoms with Crippen molar-refractivity contribution in [1.29, 1.82) is 0 Å². The van der Waals surface area contributed by atoms with Crippen LogP contribution in [0.5, 0.6) is 0 Å². The van der Waals surface area contributed by atoms with E-state index >= 15 is 0 Å². The van der Waals surface area contributed by atoms with Crippen molar-refractivity contribution in [2.24, 2.45) is 5.41 Å². The van der Waals surface area contributed by atoms with Crippen LogP contribution >= 0.6 is 11.6 Å². The van der Waals surface area contributed by atoms with Crippen molar-refractivity contribution in [3.8, 4) is 0 Å². The summed E-state index contributed by atoms with van der Waals surface area (Å²) in [7, 11) is 1.83. The number of likely N-dealkylation sites (N-methyl/N-ethyl adjacent to an activating group) is 1. The molecule has 4 heteroatoms. The molecule has 1 unspecified atom stereocenters. The standard InChI is InChI=1S/C16H23ClN2O/c1-5-19(4)14(20)10-18-15-13-8-12(17)7-6-11(13)9-16(15,2)3/h6-8,15,18H,5,9-10H2,1-4H3. The van der Waals surface area contributed by atoms with Crippen molar-refractivity contribution in [1.82, 2.24) is 10.2 Å². The Morgan fingerprint density at radius 1 is 1.50 bits per heavy atom. The summed E-state index contributed by atoms with van der Waals surface area (Å²) in [5, 5.41) is 4.18. The number of nitrogens with zero attached hydrogens (tertiary/aromatic N) is 1. The van der Waals surface area contributed by atoms with Gasteiger partial charge in [0.1, 0.15) is 0 Å². The molecule has 0 bridgehead atoms. The van der Waals surface area contributed by atoms with Gasteiger partial charge in [0.25, 0.3) is 0 Å². The SMILES string of the molecule is CCN(C)C(=O)CNC1c2cc(Cl)ccc2CC1(C)C. The van der Waals surface area contributed by atoms with E-state index in [2.05, 4.69) is 25.2 Å². The zero-order valence-electron chi connectivity index (χ0n) is 12.7. The highest BCUT2D eigenvalue weighted by Gasteiger charge is 2.38. The highest BCUT2D eigenvalue weighted by molar-refractivity contribution is 6.30. The van der Waals surface area contributed by atoms with Gasteiger partial charge in [-0.3, -0.25) is 4.79 Å². The summed E-state index contributed by atoms with van der Waals surface area (Å²) in [5.41, 5.74) is 2.65. The first-order chi connectivity index (χ1) is 9.35. The third-order valence-electron chi connectivity index (χ3n) is 4.20. The second-order valence-corrected chi connectivity index (χ2v) is 6.67. The van der Waals surface area contributed by atoms with Gasteiger partial charge < -0.3 is 10.2 Å². The average Bonchev–Trinajstić information content (AvgIpc) is 2.64. The fraction of sp³-hybridized carbons (Fsp3) is 0.562. The maximum Gasteiger partial charge on any atom is 0.236 e. The normalized spacial score (nSPS) is 19.8. The zero-order chi connectivity index (χ0) is 14.9. The summed E-state index contributed by atoms with van der Waals surface area (Å²) in [6, 6.07) is 6.23. The molecule has 0 saturated heterocycles. The third kappa shape index (κ3) is 2.99. The van der Waals surface area contributed by atoms with E-state index in [9.17, 15) is 4.79 Å². The molecule has 0 fully saturated rings. The number of carbonyl (C=O) groups excluding carboxylic acids is 1. The lowest BCUT2D eigenvalue weighted by Gasteiger charge is -2.29. The van der Waals surface area contributed by atoms with Crippen molar-refractivity contribution in [3.63, 3.8) is 0 Å². The van der Waals surface area contributed by atoms with Crippen LogP contribution in [0.4, 0.5) is 0 Å². The quantitative estimate of drug-likeness (QED) is 0.926. The van der Waals surface area contributed by atoms with Crippen LogP contribution in [0, 0.1) is 5.41 Å². The largest absolute Gasteiger partial charge is 0.345 e. The zero-order valence-corrected chi connectivity index (χ0v) is 13.4. The van der Waals surface area contributed by atoms with E-state index in [0.717, 1.165) is 18.0 Å². The van der Waals surface area contributed by atoms with Crippen LogP contribution < -0.4 is 5.32 Å². The van der Waals surface area contributed by atoms with E-state index in [1.165, 1.54) is 11.1 Å². The Morgan fingerprint density at radius 2 is 2.20 bits per heavy atom. The highest BCUT2D eigenvalue weighted by atomic mass is 35.5. The van der Waals surface area contributed by atoms with Crippen molar-refractivity contribution < 1.29 is 4.79 Å². The van der Waals surface area contributed by atoms with Crippen LogP contribution in [0.3, 0.4) is 0 Å². The molecule has 20 heavy (non-hydrogen) atoms.